The number of rotatable bonds is 4. The summed E-state index contributed by atoms with van der Waals surface area (Å²) in [5, 5.41) is 5.39. The van der Waals surface area contributed by atoms with Gasteiger partial charge in [-0.2, -0.15) is 13.2 Å². The largest absolute Gasteiger partial charge is 0.416 e. The van der Waals surface area contributed by atoms with E-state index >= 15 is 0 Å². The molecule has 1 heterocycles. The van der Waals surface area contributed by atoms with Crippen molar-refractivity contribution in [1.82, 2.24) is 4.98 Å². The molecule has 3 nitrogen and oxygen atoms in total. The summed E-state index contributed by atoms with van der Waals surface area (Å²) in [6.07, 6.45) is -3.62. The summed E-state index contributed by atoms with van der Waals surface area (Å²) in [5.74, 6) is -0.250. The molecule has 2 aromatic rings. The van der Waals surface area contributed by atoms with E-state index in [0.29, 0.717) is 12.1 Å². The van der Waals surface area contributed by atoms with Crippen molar-refractivity contribution in [2.24, 2.45) is 0 Å². The molecule has 112 valence electrons. The molecule has 0 spiro atoms. The summed E-state index contributed by atoms with van der Waals surface area (Å²) >= 11 is 1.51. The monoisotopic (exact) mass is 314 g/mol. The van der Waals surface area contributed by atoms with Gasteiger partial charge in [0.15, 0.2) is 0 Å². The quantitative estimate of drug-likeness (QED) is 0.925. The number of nitrogens with zero attached hydrogens (tertiary/aromatic N) is 1. The fourth-order valence-electron chi connectivity index (χ4n) is 1.73. The minimum Gasteiger partial charge on any atom is -0.326 e. The SMILES string of the molecule is Cc1nc(CCC(=O)Nc2ccc(C(F)(F)F)cc2)cs1. The summed E-state index contributed by atoms with van der Waals surface area (Å²) in [5.41, 5.74) is 0.459. The number of aryl methyl sites for hydroxylation is 2. The second kappa shape index (κ2) is 6.26. The van der Waals surface area contributed by atoms with E-state index in [1.54, 1.807) is 0 Å². The molecule has 0 radical (unpaired) electrons. The number of carbonyl (C=O) groups excluding carboxylic acids is 1. The lowest BCUT2D eigenvalue weighted by Crippen LogP contribution is -2.13. The Morgan fingerprint density at radius 2 is 1.95 bits per heavy atom. The van der Waals surface area contributed by atoms with Gasteiger partial charge >= 0.3 is 6.18 Å². The van der Waals surface area contributed by atoms with Crippen LogP contribution in [0.5, 0.6) is 0 Å². The van der Waals surface area contributed by atoms with Crippen LogP contribution in [0.2, 0.25) is 0 Å². The van der Waals surface area contributed by atoms with E-state index in [1.807, 2.05) is 12.3 Å². The van der Waals surface area contributed by atoms with Crippen LogP contribution >= 0.6 is 11.3 Å². The lowest BCUT2D eigenvalue weighted by atomic mass is 10.2. The summed E-state index contributed by atoms with van der Waals surface area (Å²) in [6.45, 7) is 1.89. The normalized spacial score (nSPS) is 11.4. The van der Waals surface area contributed by atoms with Gasteiger partial charge in [-0.3, -0.25) is 4.79 Å². The Hall–Kier alpha value is -1.89. The molecule has 0 atom stereocenters. The number of hydrogen-bond donors (Lipinski definition) is 1. The zero-order chi connectivity index (χ0) is 15.5. The number of benzene rings is 1. The highest BCUT2D eigenvalue weighted by Gasteiger charge is 2.29. The van der Waals surface area contributed by atoms with Gasteiger partial charge in [0, 0.05) is 17.5 Å². The summed E-state index contributed by atoms with van der Waals surface area (Å²) < 4.78 is 37.2. The number of nitrogens with one attached hydrogen (secondary N) is 1. The van der Waals surface area contributed by atoms with Gasteiger partial charge in [-0.05, 0) is 37.6 Å². The molecule has 0 unspecified atom stereocenters. The Bertz CT molecular complexity index is 620. The van der Waals surface area contributed by atoms with Gasteiger partial charge in [0.2, 0.25) is 5.91 Å². The average molecular weight is 314 g/mol. The molecule has 0 fully saturated rings. The van der Waals surface area contributed by atoms with E-state index in [9.17, 15) is 18.0 Å². The topological polar surface area (TPSA) is 42.0 Å². The molecule has 0 aliphatic carbocycles. The third kappa shape index (κ3) is 4.56. The first kappa shape index (κ1) is 15.5. The van der Waals surface area contributed by atoms with Crippen LogP contribution in [0, 0.1) is 6.92 Å². The summed E-state index contributed by atoms with van der Waals surface area (Å²) in [7, 11) is 0. The first-order valence-corrected chi connectivity index (χ1v) is 7.10. The van der Waals surface area contributed by atoms with Crippen molar-refractivity contribution in [3.8, 4) is 0 Å². The molecule has 1 aromatic carbocycles. The second-order valence-corrected chi connectivity index (χ2v) is 5.54. The number of carbonyl (C=O) groups is 1. The summed E-state index contributed by atoms with van der Waals surface area (Å²) in [6, 6.07) is 4.38. The van der Waals surface area contributed by atoms with Crippen molar-refractivity contribution in [2.45, 2.75) is 25.9 Å². The van der Waals surface area contributed by atoms with Crippen LogP contribution in [0.3, 0.4) is 0 Å². The third-order valence-corrected chi connectivity index (χ3v) is 3.59. The second-order valence-electron chi connectivity index (χ2n) is 4.48. The van der Waals surface area contributed by atoms with Gasteiger partial charge in [0.25, 0.3) is 0 Å². The van der Waals surface area contributed by atoms with Crippen LogP contribution in [-0.2, 0) is 17.4 Å². The fraction of sp³-hybridized carbons (Fsp3) is 0.286. The molecule has 7 heteroatoms. The van der Waals surface area contributed by atoms with Crippen LogP contribution in [-0.4, -0.2) is 10.9 Å². The number of thiazole rings is 1. The van der Waals surface area contributed by atoms with Crippen LogP contribution in [0.1, 0.15) is 22.7 Å². The van der Waals surface area contributed by atoms with Gasteiger partial charge < -0.3 is 5.32 Å². The van der Waals surface area contributed by atoms with Crippen molar-refractivity contribution >= 4 is 22.9 Å². The minimum atomic E-state index is -4.37. The molecular formula is C14H13F3N2OS. The summed E-state index contributed by atoms with van der Waals surface area (Å²) in [4.78, 5) is 16.0. The number of aromatic nitrogens is 1. The highest BCUT2D eigenvalue weighted by atomic mass is 32.1. The molecule has 1 N–H and O–H groups in total. The van der Waals surface area contributed by atoms with E-state index in [1.165, 1.54) is 23.5 Å². The van der Waals surface area contributed by atoms with Gasteiger partial charge in [0.05, 0.1) is 16.3 Å². The molecule has 0 bridgehead atoms. The minimum absolute atomic E-state index is 0.240. The van der Waals surface area contributed by atoms with Crippen molar-refractivity contribution in [1.29, 1.82) is 0 Å². The van der Waals surface area contributed by atoms with E-state index in [-0.39, 0.29) is 12.3 Å². The van der Waals surface area contributed by atoms with Gasteiger partial charge in [-0.1, -0.05) is 0 Å². The van der Waals surface area contributed by atoms with E-state index in [2.05, 4.69) is 10.3 Å². The van der Waals surface area contributed by atoms with E-state index in [0.717, 1.165) is 22.8 Å². The zero-order valence-electron chi connectivity index (χ0n) is 11.2. The Morgan fingerprint density at radius 3 is 2.48 bits per heavy atom. The van der Waals surface area contributed by atoms with Crippen LogP contribution in [0.25, 0.3) is 0 Å². The number of halogens is 3. The molecule has 0 aliphatic heterocycles. The first-order chi connectivity index (χ1) is 9.84. The lowest BCUT2D eigenvalue weighted by molar-refractivity contribution is -0.137. The highest BCUT2D eigenvalue weighted by molar-refractivity contribution is 7.09. The number of hydrogen-bond acceptors (Lipinski definition) is 3. The van der Waals surface area contributed by atoms with Gasteiger partial charge in [-0.25, -0.2) is 4.98 Å². The van der Waals surface area contributed by atoms with Crippen LogP contribution in [0.4, 0.5) is 18.9 Å². The maximum Gasteiger partial charge on any atom is 0.416 e. The van der Waals surface area contributed by atoms with Crippen LogP contribution in [0.15, 0.2) is 29.6 Å². The number of alkyl halides is 3. The maximum atomic E-state index is 12.4. The maximum absolute atomic E-state index is 12.4. The molecule has 1 aromatic heterocycles. The van der Waals surface area contributed by atoms with E-state index < -0.39 is 11.7 Å². The van der Waals surface area contributed by atoms with E-state index in [4.69, 9.17) is 0 Å². The average Bonchev–Trinajstić information content (AvgIpc) is 2.82. The Morgan fingerprint density at radius 1 is 1.29 bits per heavy atom. The fourth-order valence-corrected chi connectivity index (χ4v) is 2.38. The Balaban J connectivity index is 1.88. The predicted octanol–water partition coefficient (Wildman–Crippen LogP) is 4.04. The van der Waals surface area contributed by atoms with Crippen molar-refractivity contribution in [2.75, 3.05) is 5.32 Å². The molecule has 0 aliphatic rings. The van der Waals surface area contributed by atoms with Gasteiger partial charge in [-0.15, -0.1) is 11.3 Å². The first-order valence-electron chi connectivity index (χ1n) is 6.23. The molecular weight excluding hydrogens is 301 g/mol. The number of anilines is 1. The smallest absolute Gasteiger partial charge is 0.326 e. The zero-order valence-corrected chi connectivity index (χ0v) is 12.0. The van der Waals surface area contributed by atoms with Crippen molar-refractivity contribution in [3.05, 3.63) is 45.9 Å². The Labute approximate surface area is 123 Å². The van der Waals surface area contributed by atoms with Gasteiger partial charge in [0.1, 0.15) is 0 Å². The highest BCUT2D eigenvalue weighted by Crippen LogP contribution is 2.29. The Kier molecular flexibility index (Phi) is 4.62. The third-order valence-electron chi connectivity index (χ3n) is 2.77. The molecule has 21 heavy (non-hydrogen) atoms. The standard InChI is InChI=1S/C14H13F3N2OS/c1-9-18-12(8-21-9)6-7-13(20)19-11-4-2-10(3-5-11)14(15,16)17/h2-5,8H,6-7H2,1H3,(H,19,20). The number of amides is 1. The molecule has 2 rings (SSSR count). The molecule has 1 amide bonds. The molecule has 0 saturated heterocycles. The van der Waals surface area contributed by atoms with Crippen molar-refractivity contribution in [3.63, 3.8) is 0 Å². The predicted molar refractivity (Wildman–Crippen MR) is 75.2 cm³/mol. The lowest BCUT2D eigenvalue weighted by Gasteiger charge is -2.08. The van der Waals surface area contributed by atoms with Crippen LogP contribution < -0.4 is 5.32 Å². The molecule has 0 saturated carbocycles. The van der Waals surface area contributed by atoms with Crippen molar-refractivity contribution < 1.29 is 18.0 Å².